The molecule has 0 bridgehead atoms. The summed E-state index contributed by atoms with van der Waals surface area (Å²) in [5, 5.41) is 3.62. The molecule has 3 unspecified atom stereocenters. The van der Waals surface area contributed by atoms with E-state index in [1.54, 1.807) is 12.1 Å². The lowest BCUT2D eigenvalue weighted by Gasteiger charge is -2.42. The summed E-state index contributed by atoms with van der Waals surface area (Å²) >= 11 is 0. The van der Waals surface area contributed by atoms with Crippen LogP contribution < -0.4 is 5.32 Å². The molecule has 0 saturated heterocycles. The van der Waals surface area contributed by atoms with E-state index in [0.717, 1.165) is 24.4 Å². The second-order valence-corrected chi connectivity index (χ2v) is 7.60. The van der Waals surface area contributed by atoms with Crippen LogP contribution in [0.15, 0.2) is 24.3 Å². The summed E-state index contributed by atoms with van der Waals surface area (Å²) in [4.78, 5) is 0. The van der Waals surface area contributed by atoms with E-state index in [9.17, 15) is 4.39 Å². The Labute approximate surface area is 129 Å². The Bertz CT molecular complexity index is 449. The molecule has 3 atom stereocenters. The Morgan fingerprint density at radius 2 is 1.90 bits per heavy atom. The Morgan fingerprint density at radius 1 is 1.19 bits per heavy atom. The molecule has 1 aliphatic carbocycles. The van der Waals surface area contributed by atoms with Gasteiger partial charge in [-0.3, -0.25) is 0 Å². The third kappa shape index (κ3) is 4.29. The van der Waals surface area contributed by atoms with Gasteiger partial charge in [0.25, 0.3) is 0 Å². The molecule has 0 aliphatic heterocycles. The molecular weight excluding hydrogens is 261 g/mol. The van der Waals surface area contributed by atoms with E-state index in [1.807, 2.05) is 12.1 Å². The minimum atomic E-state index is -0.0503. The minimum absolute atomic E-state index is 0.0503. The minimum Gasteiger partial charge on any atom is -0.314 e. The van der Waals surface area contributed by atoms with Gasteiger partial charge in [-0.25, -0.2) is 4.39 Å². The number of nitrogens with one attached hydrogen (secondary N) is 1. The van der Waals surface area contributed by atoms with Gasteiger partial charge in [-0.1, -0.05) is 45.9 Å². The van der Waals surface area contributed by atoms with Gasteiger partial charge in [0.2, 0.25) is 0 Å². The molecule has 2 rings (SSSR count). The third-order valence-electron chi connectivity index (χ3n) is 5.11. The van der Waals surface area contributed by atoms with E-state index in [-0.39, 0.29) is 5.82 Å². The summed E-state index contributed by atoms with van der Waals surface area (Å²) < 4.78 is 14.0. The first-order chi connectivity index (χ1) is 9.91. The van der Waals surface area contributed by atoms with E-state index in [2.05, 4.69) is 33.0 Å². The van der Waals surface area contributed by atoms with Gasteiger partial charge in [0.15, 0.2) is 0 Å². The zero-order valence-electron chi connectivity index (χ0n) is 14.0. The second-order valence-electron chi connectivity index (χ2n) is 7.60. The van der Waals surface area contributed by atoms with Crippen LogP contribution in [0.2, 0.25) is 0 Å². The van der Waals surface area contributed by atoms with Crippen molar-refractivity contribution in [3.63, 3.8) is 0 Å². The largest absolute Gasteiger partial charge is 0.314 e. The molecule has 1 N–H and O–H groups in total. The second kappa shape index (κ2) is 6.91. The Balaban J connectivity index is 2.12. The Morgan fingerprint density at radius 3 is 2.52 bits per heavy atom. The van der Waals surface area contributed by atoms with Crippen molar-refractivity contribution in [2.75, 3.05) is 6.54 Å². The van der Waals surface area contributed by atoms with Crippen LogP contribution in [-0.4, -0.2) is 12.6 Å². The summed E-state index contributed by atoms with van der Waals surface area (Å²) in [6.45, 7) is 10.2. The average molecular weight is 291 g/mol. The predicted molar refractivity (Wildman–Crippen MR) is 87.9 cm³/mol. The third-order valence-corrected chi connectivity index (χ3v) is 5.11. The maximum Gasteiger partial charge on any atom is 0.126 e. The highest BCUT2D eigenvalue weighted by Gasteiger charge is 2.35. The van der Waals surface area contributed by atoms with Gasteiger partial charge < -0.3 is 5.32 Å². The molecular formula is C19H30FN. The molecule has 1 aromatic rings. The van der Waals surface area contributed by atoms with Crippen LogP contribution in [0, 0.1) is 23.1 Å². The van der Waals surface area contributed by atoms with Crippen LogP contribution >= 0.6 is 0 Å². The van der Waals surface area contributed by atoms with Crippen molar-refractivity contribution >= 4 is 0 Å². The monoisotopic (exact) mass is 291 g/mol. The number of halogens is 1. The predicted octanol–water partition coefficient (Wildman–Crippen LogP) is 4.81. The van der Waals surface area contributed by atoms with E-state index in [4.69, 9.17) is 0 Å². The van der Waals surface area contributed by atoms with Gasteiger partial charge in [0.1, 0.15) is 5.82 Å². The Hall–Kier alpha value is -0.890. The summed E-state index contributed by atoms with van der Waals surface area (Å²) in [6.07, 6.45) is 4.57. The van der Waals surface area contributed by atoms with Gasteiger partial charge in [0.05, 0.1) is 0 Å². The number of rotatable bonds is 4. The van der Waals surface area contributed by atoms with Crippen molar-refractivity contribution in [3.8, 4) is 0 Å². The zero-order valence-corrected chi connectivity index (χ0v) is 14.0. The normalized spacial score (nSPS) is 26.8. The van der Waals surface area contributed by atoms with Gasteiger partial charge in [-0.05, 0) is 61.1 Å². The molecule has 1 fully saturated rings. The van der Waals surface area contributed by atoms with E-state index < -0.39 is 0 Å². The maximum atomic E-state index is 14.0. The molecule has 0 spiro atoms. The lowest BCUT2D eigenvalue weighted by Crippen LogP contribution is -2.43. The fraction of sp³-hybridized carbons (Fsp3) is 0.684. The molecule has 1 aliphatic rings. The van der Waals surface area contributed by atoms with Crippen LogP contribution in [0.25, 0.3) is 0 Å². The average Bonchev–Trinajstić information content (AvgIpc) is 2.42. The zero-order chi connectivity index (χ0) is 15.5. The molecule has 1 aromatic carbocycles. The summed E-state index contributed by atoms with van der Waals surface area (Å²) in [7, 11) is 0. The molecule has 21 heavy (non-hydrogen) atoms. The van der Waals surface area contributed by atoms with Crippen LogP contribution in [-0.2, 0) is 6.42 Å². The fourth-order valence-electron chi connectivity index (χ4n) is 3.75. The van der Waals surface area contributed by atoms with Crippen molar-refractivity contribution in [2.45, 2.75) is 59.4 Å². The smallest absolute Gasteiger partial charge is 0.126 e. The van der Waals surface area contributed by atoms with Gasteiger partial charge >= 0.3 is 0 Å². The molecule has 1 nitrogen and oxygen atoms in total. The number of benzene rings is 1. The van der Waals surface area contributed by atoms with E-state index in [0.29, 0.717) is 17.4 Å². The van der Waals surface area contributed by atoms with Crippen LogP contribution in [0.4, 0.5) is 4.39 Å². The van der Waals surface area contributed by atoms with Gasteiger partial charge in [0, 0.05) is 6.04 Å². The van der Waals surface area contributed by atoms with Crippen molar-refractivity contribution < 1.29 is 4.39 Å². The standard InChI is InChI=1S/C19H30FN/c1-5-21-18-11-10-16(19(2,3)4)13-15(18)12-14-8-6-7-9-17(14)20/h6-9,15-16,18,21H,5,10-13H2,1-4H3. The van der Waals surface area contributed by atoms with Crippen molar-refractivity contribution in [1.82, 2.24) is 5.32 Å². The highest BCUT2D eigenvalue weighted by Crippen LogP contribution is 2.41. The molecule has 0 amide bonds. The van der Waals surface area contributed by atoms with Gasteiger partial charge in [-0.15, -0.1) is 0 Å². The fourth-order valence-corrected chi connectivity index (χ4v) is 3.75. The first kappa shape index (κ1) is 16.5. The number of hydrogen-bond donors (Lipinski definition) is 1. The van der Waals surface area contributed by atoms with Crippen molar-refractivity contribution in [1.29, 1.82) is 0 Å². The first-order valence-electron chi connectivity index (χ1n) is 8.38. The molecule has 2 heteroatoms. The van der Waals surface area contributed by atoms with Crippen LogP contribution in [0.3, 0.4) is 0 Å². The molecule has 0 radical (unpaired) electrons. The molecule has 118 valence electrons. The lowest BCUT2D eigenvalue weighted by molar-refractivity contribution is 0.114. The van der Waals surface area contributed by atoms with Crippen LogP contribution in [0.5, 0.6) is 0 Å². The summed E-state index contributed by atoms with van der Waals surface area (Å²) in [5.74, 6) is 1.23. The van der Waals surface area contributed by atoms with Gasteiger partial charge in [-0.2, -0.15) is 0 Å². The maximum absolute atomic E-state index is 14.0. The molecule has 1 saturated carbocycles. The van der Waals surface area contributed by atoms with Crippen molar-refractivity contribution in [2.24, 2.45) is 17.3 Å². The van der Waals surface area contributed by atoms with E-state index >= 15 is 0 Å². The van der Waals surface area contributed by atoms with E-state index in [1.165, 1.54) is 19.3 Å². The topological polar surface area (TPSA) is 12.0 Å². The Kier molecular flexibility index (Phi) is 5.43. The summed E-state index contributed by atoms with van der Waals surface area (Å²) in [5.41, 5.74) is 1.23. The quantitative estimate of drug-likeness (QED) is 0.839. The van der Waals surface area contributed by atoms with Crippen LogP contribution in [0.1, 0.15) is 52.5 Å². The number of hydrogen-bond acceptors (Lipinski definition) is 1. The highest BCUT2D eigenvalue weighted by molar-refractivity contribution is 5.18. The van der Waals surface area contributed by atoms with Crippen molar-refractivity contribution in [3.05, 3.63) is 35.6 Å². The SMILES string of the molecule is CCNC1CCC(C(C)(C)C)CC1Cc1ccccc1F. The molecule has 0 heterocycles. The first-order valence-corrected chi connectivity index (χ1v) is 8.38. The molecule has 0 aromatic heterocycles. The summed E-state index contributed by atoms with van der Waals surface area (Å²) in [6, 6.07) is 7.79. The highest BCUT2D eigenvalue weighted by atomic mass is 19.1. The lowest BCUT2D eigenvalue weighted by atomic mass is 9.66.